The van der Waals surface area contributed by atoms with Crippen molar-refractivity contribution in [3.05, 3.63) is 65.2 Å². The van der Waals surface area contributed by atoms with Gasteiger partial charge in [-0.1, -0.05) is 36.4 Å². The third-order valence-electron chi connectivity index (χ3n) is 5.21. The van der Waals surface area contributed by atoms with Crippen LogP contribution in [0.2, 0.25) is 0 Å². The summed E-state index contributed by atoms with van der Waals surface area (Å²) in [5.74, 6) is -2.57. The fraction of sp³-hybridized carbons (Fsp3) is 0.381. The van der Waals surface area contributed by atoms with Gasteiger partial charge in [0.1, 0.15) is 0 Å². The lowest BCUT2D eigenvalue weighted by Gasteiger charge is -2.26. The van der Waals surface area contributed by atoms with Crippen molar-refractivity contribution in [1.29, 1.82) is 0 Å². The number of carbonyl (C=O) groups is 1. The van der Waals surface area contributed by atoms with E-state index >= 15 is 0 Å². The van der Waals surface area contributed by atoms with Crippen molar-refractivity contribution in [3.8, 4) is 0 Å². The zero-order chi connectivity index (χ0) is 19.6. The van der Waals surface area contributed by atoms with Crippen molar-refractivity contribution in [2.75, 3.05) is 11.4 Å². The topological polar surface area (TPSA) is 40.5 Å². The summed E-state index contributed by atoms with van der Waals surface area (Å²) in [5, 5.41) is 9.05. The fourth-order valence-corrected chi connectivity index (χ4v) is 3.70. The summed E-state index contributed by atoms with van der Waals surface area (Å²) >= 11 is 0. The summed E-state index contributed by atoms with van der Waals surface area (Å²) in [6.45, 7) is 1.85. The molecule has 0 aliphatic carbocycles. The zero-order valence-corrected chi connectivity index (χ0v) is 15.0. The van der Waals surface area contributed by atoms with E-state index in [1.54, 1.807) is 17.0 Å². The number of carboxylic acids is 1. The maximum atomic E-state index is 13.1. The highest BCUT2D eigenvalue weighted by Crippen LogP contribution is 2.39. The fourth-order valence-electron chi connectivity index (χ4n) is 3.70. The Morgan fingerprint density at radius 2 is 1.81 bits per heavy atom. The molecule has 1 fully saturated rings. The number of carboxylic acid groups (broad SMARTS) is 1. The Kier molecular flexibility index (Phi) is 5.44. The van der Waals surface area contributed by atoms with Gasteiger partial charge in [0.05, 0.1) is 12.3 Å². The van der Waals surface area contributed by atoms with Crippen LogP contribution >= 0.6 is 0 Å². The average Bonchev–Trinajstić information content (AvgIpc) is 3.01. The van der Waals surface area contributed by atoms with Crippen LogP contribution < -0.4 is 4.90 Å². The van der Waals surface area contributed by atoms with E-state index in [1.165, 1.54) is 11.1 Å². The lowest BCUT2D eigenvalue weighted by Crippen LogP contribution is -2.32. The van der Waals surface area contributed by atoms with Crippen LogP contribution in [0.5, 0.6) is 0 Å². The Balaban J connectivity index is 1.77. The molecule has 0 bridgehead atoms. The number of benzene rings is 2. The Bertz CT molecular complexity index is 802. The van der Waals surface area contributed by atoms with Gasteiger partial charge in [-0.15, -0.1) is 0 Å². The predicted molar refractivity (Wildman–Crippen MR) is 98.0 cm³/mol. The number of anilines is 1. The standard InChI is InChI=1S/C21H22F3NO2/c1-14-4-2-3-5-16(14)10-15-6-8-18(9-7-15)25-13-17(21(22,23)24)11-19(25)12-20(26)27/h2-9,17,19H,10-13H2,1H3,(H,26,27)/t17-,19-/m0/s1. The molecule has 144 valence electrons. The molecule has 1 heterocycles. The smallest absolute Gasteiger partial charge is 0.393 e. The van der Waals surface area contributed by atoms with Crippen LogP contribution in [0.15, 0.2) is 48.5 Å². The summed E-state index contributed by atoms with van der Waals surface area (Å²) in [6, 6.07) is 14.8. The number of rotatable bonds is 5. The molecule has 2 atom stereocenters. The second kappa shape index (κ2) is 7.62. The number of nitrogens with zero attached hydrogens (tertiary/aromatic N) is 1. The third kappa shape index (κ3) is 4.62. The SMILES string of the molecule is Cc1ccccc1Cc1ccc(N2C[C@@H](C(F)(F)F)C[C@H]2CC(=O)O)cc1. The first-order valence-electron chi connectivity index (χ1n) is 8.92. The van der Waals surface area contributed by atoms with Crippen LogP contribution in [0.3, 0.4) is 0 Å². The zero-order valence-electron chi connectivity index (χ0n) is 15.0. The van der Waals surface area contributed by atoms with Gasteiger partial charge >= 0.3 is 12.1 Å². The van der Waals surface area contributed by atoms with E-state index in [9.17, 15) is 18.0 Å². The van der Waals surface area contributed by atoms with Crippen LogP contribution in [0.4, 0.5) is 18.9 Å². The van der Waals surface area contributed by atoms with Crippen molar-refractivity contribution in [1.82, 2.24) is 0 Å². The van der Waals surface area contributed by atoms with Gasteiger partial charge in [0.25, 0.3) is 0 Å². The molecule has 2 aromatic carbocycles. The van der Waals surface area contributed by atoms with Crippen molar-refractivity contribution in [2.45, 2.75) is 38.4 Å². The van der Waals surface area contributed by atoms with E-state index in [0.29, 0.717) is 5.69 Å². The quantitative estimate of drug-likeness (QED) is 0.812. The van der Waals surface area contributed by atoms with Crippen LogP contribution in [0.25, 0.3) is 0 Å². The van der Waals surface area contributed by atoms with Gasteiger partial charge in [0, 0.05) is 18.3 Å². The van der Waals surface area contributed by atoms with Gasteiger partial charge in [0.2, 0.25) is 0 Å². The molecule has 3 rings (SSSR count). The monoisotopic (exact) mass is 377 g/mol. The first-order chi connectivity index (χ1) is 12.7. The Hall–Kier alpha value is -2.50. The maximum absolute atomic E-state index is 13.1. The molecule has 0 amide bonds. The minimum atomic E-state index is -4.31. The van der Waals surface area contributed by atoms with Gasteiger partial charge in [0.15, 0.2) is 0 Å². The summed E-state index contributed by atoms with van der Waals surface area (Å²) < 4.78 is 39.4. The van der Waals surface area contributed by atoms with Crippen LogP contribution in [-0.2, 0) is 11.2 Å². The molecule has 1 aliphatic rings. The highest BCUT2D eigenvalue weighted by Gasteiger charge is 2.47. The van der Waals surface area contributed by atoms with Gasteiger partial charge in [-0.3, -0.25) is 4.79 Å². The second-order valence-electron chi connectivity index (χ2n) is 7.15. The van der Waals surface area contributed by atoms with Crippen LogP contribution in [-0.4, -0.2) is 29.8 Å². The molecular weight excluding hydrogens is 355 g/mol. The molecule has 1 aliphatic heterocycles. The average molecular weight is 377 g/mol. The van der Waals surface area contributed by atoms with E-state index in [-0.39, 0.29) is 19.4 Å². The minimum absolute atomic E-state index is 0.180. The number of aliphatic carboxylic acids is 1. The number of hydrogen-bond acceptors (Lipinski definition) is 2. The molecule has 27 heavy (non-hydrogen) atoms. The molecule has 0 unspecified atom stereocenters. The molecule has 3 nitrogen and oxygen atoms in total. The molecule has 1 N–H and O–H groups in total. The summed E-state index contributed by atoms with van der Waals surface area (Å²) in [6.07, 6.45) is -4.04. The number of hydrogen-bond donors (Lipinski definition) is 1. The van der Waals surface area contributed by atoms with Gasteiger partial charge in [-0.2, -0.15) is 13.2 Å². The molecule has 2 aromatic rings. The lowest BCUT2D eigenvalue weighted by molar-refractivity contribution is -0.169. The first kappa shape index (κ1) is 19.3. The Morgan fingerprint density at radius 3 is 2.41 bits per heavy atom. The molecule has 1 saturated heterocycles. The summed E-state index contributed by atoms with van der Waals surface area (Å²) in [5.41, 5.74) is 4.10. The van der Waals surface area contributed by atoms with Crippen LogP contribution in [0, 0.1) is 12.8 Å². The third-order valence-corrected chi connectivity index (χ3v) is 5.21. The van der Waals surface area contributed by atoms with E-state index in [4.69, 9.17) is 5.11 Å². The normalized spacial score (nSPS) is 20.1. The van der Waals surface area contributed by atoms with E-state index in [1.807, 2.05) is 37.3 Å². The second-order valence-corrected chi connectivity index (χ2v) is 7.15. The van der Waals surface area contributed by atoms with E-state index in [0.717, 1.165) is 12.0 Å². The van der Waals surface area contributed by atoms with Gasteiger partial charge in [-0.25, -0.2) is 0 Å². The highest BCUT2D eigenvalue weighted by atomic mass is 19.4. The molecule has 0 spiro atoms. The molecule has 6 heteroatoms. The number of alkyl halides is 3. The summed E-state index contributed by atoms with van der Waals surface area (Å²) in [4.78, 5) is 12.7. The van der Waals surface area contributed by atoms with Crippen LogP contribution in [0.1, 0.15) is 29.5 Å². The minimum Gasteiger partial charge on any atom is -0.481 e. The number of aryl methyl sites for hydroxylation is 1. The Labute approximate surface area is 156 Å². The van der Waals surface area contributed by atoms with Crippen molar-refractivity contribution in [3.63, 3.8) is 0 Å². The van der Waals surface area contributed by atoms with Crippen molar-refractivity contribution in [2.24, 2.45) is 5.92 Å². The van der Waals surface area contributed by atoms with Gasteiger partial charge < -0.3 is 10.0 Å². The molecule has 0 aromatic heterocycles. The van der Waals surface area contributed by atoms with Crippen molar-refractivity contribution >= 4 is 11.7 Å². The molecule has 0 radical (unpaired) electrons. The van der Waals surface area contributed by atoms with E-state index < -0.39 is 24.1 Å². The largest absolute Gasteiger partial charge is 0.481 e. The summed E-state index contributed by atoms with van der Waals surface area (Å²) in [7, 11) is 0. The molecular formula is C21H22F3NO2. The lowest BCUT2D eigenvalue weighted by atomic mass is 10.0. The van der Waals surface area contributed by atoms with Gasteiger partial charge in [-0.05, 0) is 48.6 Å². The molecule has 0 saturated carbocycles. The van der Waals surface area contributed by atoms with E-state index in [2.05, 4.69) is 6.07 Å². The maximum Gasteiger partial charge on any atom is 0.393 e. The predicted octanol–water partition coefficient (Wildman–Crippen LogP) is 4.82. The first-order valence-corrected chi connectivity index (χ1v) is 8.92. The number of halogens is 3. The Morgan fingerprint density at radius 1 is 1.15 bits per heavy atom. The highest BCUT2D eigenvalue weighted by molar-refractivity contribution is 5.69. The van der Waals surface area contributed by atoms with Crippen molar-refractivity contribution < 1.29 is 23.1 Å².